The SMILES string of the molecule is O=C1CC/C(=C\NS(=O)(=O)NCC2CC(c3c(-c4ccc(F)cc4)[nH]c4c(F)cc(F)cc34)C2)N1. The highest BCUT2D eigenvalue weighted by molar-refractivity contribution is 7.87. The van der Waals surface area contributed by atoms with Gasteiger partial charge in [0.25, 0.3) is 10.2 Å². The lowest BCUT2D eigenvalue weighted by Gasteiger charge is -2.36. The summed E-state index contributed by atoms with van der Waals surface area (Å²) in [4.78, 5) is 14.3. The van der Waals surface area contributed by atoms with Crippen LogP contribution in [-0.4, -0.2) is 25.9 Å². The van der Waals surface area contributed by atoms with Gasteiger partial charge in [-0.25, -0.2) is 13.2 Å². The van der Waals surface area contributed by atoms with E-state index in [1.54, 1.807) is 12.1 Å². The van der Waals surface area contributed by atoms with Gasteiger partial charge >= 0.3 is 0 Å². The lowest BCUT2D eigenvalue weighted by Crippen LogP contribution is -2.40. The second-order valence-electron chi connectivity index (χ2n) is 8.95. The summed E-state index contributed by atoms with van der Waals surface area (Å²) < 4.78 is 71.3. The first-order valence-corrected chi connectivity index (χ1v) is 12.7. The van der Waals surface area contributed by atoms with Crippen LogP contribution < -0.4 is 14.8 Å². The van der Waals surface area contributed by atoms with Crippen molar-refractivity contribution in [2.75, 3.05) is 6.54 Å². The van der Waals surface area contributed by atoms with Crippen molar-refractivity contribution < 1.29 is 26.4 Å². The molecule has 0 atom stereocenters. The fourth-order valence-corrected chi connectivity index (χ4v) is 5.56. The van der Waals surface area contributed by atoms with Gasteiger partial charge in [-0.2, -0.15) is 13.1 Å². The van der Waals surface area contributed by atoms with Crippen LogP contribution in [0.15, 0.2) is 48.3 Å². The number of hydrogen-bond acceptors (Lipinski definition) is 3. The molecule has 2 aliphatic rings. The predicted octanol–water partition coefficient (Wildman–Crippen LogP) is 3.92. The largest absolute Gasteiger partial charge is 0.352 e. The first-order chi connectivity index (χ1) is 16.7. The third-order valence-electron chi connectivity index (χ3n) is 6.51. The van der Waals surface area contributed by atoms with Crippen molar-refractivity contribution in [2.24, 2.45) is 5.92 Å². The third kappa shape index (κ3) is 4.92. The molecule has 5 rings (SSSR count). The van der Waals surface area contributed by atoms with Gasteiger partial charge in [0.1, 0.15) is 17.5 Å². The summed E-state index contributed by atoms with van der Waals surface area (Å²) >= 11 is 0. The van der Waals surface area contributed by atoms with Crippen LogP contribution >= 0.6 is 0 Å². The molecule has 7 nitrogen and oxygen atoms in total. The second-order valence-corrected chi connectivity index (χ2v) is 10.5. The van der Waals surface area contributed by atoms with Gasteiger partial charge in [0.05, 0.1) is 11.2 Å². The van der Waals surface area contributed by atoms with Crippen molar-refractivity contribution in [2.45, 2.75) is 31.6 Å². The lowest BCUT2D eigenvalue weighted by atomic mass is 9.70. The number of allylic oxidation sites excluding steroid dienone is 1. The molecule has 1 saturated heterocycles. The standard InChI is InChI=1S/C24H23F3N4O3S/c25-16-3-1-14(2-4-16)23-22(19-9-17(26)10-20(27)24(19)31-23)15-7-13(8-15)11-28-35(33,34)29-12-18-5-6-21(32)30-18/h1-4,9-10,12-13,15,28-29,31H,5-8,11H2,(H,30,32)/b18-12+. The van der Waals surface area contributed by atoms with E-state index in [-0.39, 0.29) is 29.8 Å². The van der Waals surface area contributed by atoms with Crippen LogP contribution in [0.2, 0.25) is 0 Å². The van der Waals surface area contributed by atoms with Crippen LogP contribution in [-0.2, 0) is 15.0 Å². The molecule has 0 spiro atoms. The normalized spacial score (nSPS) is 21.3. The quantitative estimate of drug-likeness (QED) is 0.392. The van der Waals surface area contributed by atoms with Crippen LogP contribution in [0.1, 0.15) is 37.2 Å². The van der Waals surface area contributed by atoms with Gasteiger partial charge < -0.3 is 10.3 Å². The van der Waals surface area contributed by atoms with Crippen molar-refractivity contribution in [1.29, 1.82) is 0 Å². The van der Waals surface area contributed by atoms with Gasteiger partial charge in [-0.15, -0.1) is 0 Å². The highest BCUT2D eigenvalue weighted by Gasteiger charge is 2.35. The molecule has 0 radical (unpaired) electrons. The number of amides is 1. The van der Waals surface area contributed by atoms with E-state index >= 15 is 0 Å². The lowest BCUT2D eigenvalue weighted by molar-refractivity contribution is -0.118. The molecule has 2 fully saturated rings. The zero-order valence-electron chi connectivity index (χ0n) is 18.5. The topological polar surface area (TPSA) is 103 Å². The fraction of sp³-hybridized carbons (Fsp3) is 0.292. The van der Waals surface area contributed by atoms with Crippen LogP contribution in [0.4, 0.5) is 13.2 Å². The maximum absolute atomic E-state index is 14.5. The van der Waals surface area contributed by atoms with Crippen LogP contribution in [0.3, 0.4) is 0 Å². The zero-order valence-corrected chi connectivity index (χ0v) is 19.3. The Kier molecular flexibility index (Phi) is 6.06. The summed E-state index contributed by atoms with van der Waals surface area (Å²) in [6.45, 7) is 0.193. The average molecular weight is 505 g/mol. The highest BCUT2D eigenvalue weighted by atomic mass is 32.2. The molecule has 1 aliphatic carbocycles. The first kappa shape index (κ1) is 23.4. The molecule has 4 N–H and O–H groups in total. The predicted molar refractivity (Wildman–Crippen MR) is 125 cm³/mol. The molecule has 35 heavy (non-hydrogen) atoms. The van der Waals surface area contributed by atoms with Crippen LogP contribution in [0.25, 0.3) is 22.2 Å². The van der Waals surface area contributed by atoms with E-state index < -0.39 is 27.7 Å². The molecule has 2 aromatic carbocycles. The van der Waals surface area contributed by atoms with E-state index in [2.05, 4.69) is 19.7 Å². The Balaban J connectivity index is 1.31. The molecule has 11 heteroatoms. The van der Waals surface area contributed by atoms with Crippen LogP contribution in [0.5, 0.6) is 0 Å². The third-order valence-corrected chi connectivity index (χ3v) is 7.49. The Hall–Kier alpha value is -3.31. The number of hydrogen-bond donors (Lipinski definition) is 4. The Morgan fingerprint density at radius 3 is 2.46 bits per heavy atom. The molecule has 1 amide bonds. The molecule has 184 valence electrons. The maximum atomic E-state index is 14.5. The molecule has 0 bridgehead atoms. The second kappa shape index (κ2) is 9.04. The van der Waals surface area contributed by atoms with E-state index in [9.17, 15) is 26.4 Å². The number of carbonyl (C=O) groups excluding carboxylic acids is 1. The van der Waals surface area contributed by atoms with E-state index in [0.29, 0.717) is 48.0 Å². The number of aromatic amines is 1. The Labute approximate surface area is 200 Å². The summed E-state index contributed by atoms with van der Waals surface area (Å²) in [6.07, 6.45) is 3.26. The number of halogens is 3. The van der Waals surface area contributed by atoms with Crippen LogP contribution in [0, 0.1) is 23.4 Å². The molecule has 1 aliphatic heterocycles. The zero-order chi connectivity index (χ0) is 24.7. The average Bonchev–Trinajstić information content (AvgIpc) is 3.36. The van der Waals surface area contributed by atoms with Crippen molar-refractivity contribution in [3.8, 4) is 11.3 Å². The van der Waals surface area contributed by atoms with Crippen molar-refractivity contribution in [3.63, 3.8) is 0 Å². The van der Waals surface area contributed by atoms with Gasteiger partial charge in [-0.1, -0.05) is 0 Å². The van der Waals surface area contributed by atoms with Gasteiger partial charge in [-0.3, -0.25) is 9.52 Å². The molecule has 3 aromatic rings. The molecule has 1 aromatic heterocycles. The molecule has 1 saturated carbocycles. The first-order valence-electron chi connectivity index (χ1n) is 11.2. The minimum Gasteiger partial charge on any atom is -0.352 e. The van der Waals surface area contributed by atoms with E-state index in [1.165, 1.54) is 24.4 Å². The molecule has 0 unspecified atom stereocenters. The summed E-state index contributed by atoms with van der Waals surface area (Å²) in [5.41, 5.74) is 2.68. The Bertz CT molecular complexity index is 1430. The number of rotatable bonds is 7. The van der Waals surface area contributed by atoms with E-state index in [0.717, 1.165) is 11.6 Å². The minimum absolute atomic E-state index is 0.0276. The summed E-state index contributed by atoms with van der Waals surface area (Å²) in [6, 6.07) is 7.86. The highest BCUT2D eigenvalue weighted by Crippen LogP contribution is 2.48. The van der Waals surface area contributed by atoms with Gasteiger partial charge in [0.2, 0.25) is 5.91 Å². The minimum atomic E-state index is -3.80. The number of carbonyl (C=O) groups is 1. The number of aromatic nitrogens is 1. The van der Waals surface area contributed by atoms with Gasteiger partial charge in [-0.05, 0) is 72.6 Å². The summed E-state index contributed by atoms with van der Waals surface area (Å²) in [5.74, 6) is -1.98. The summed E-state index contributed by atoms with van der Waals surface area (Å²) in [5, 5.41) is 3.00. The number of benzene rings is 2. The monoisotopic (exact) mass is 504 g/mol. The molecular formula is C24H23F3N4O3S. The Morgan fingerprint density at radius 1 is 1.03 bits per heavy atom. The maximum Gasteiger partial charge on any atom is 0.298 e. The fourth-order valence-electron chi connectivity index (χ4n) is 4.72. The van der Waals surface area contributed by atoms with E-state index in [4.69, 9.17) is 0 Å². The van der Waals surface area contributed by atoms with E-state index in [1.807, 2.05) is 0 Å². The molecular weight excluding hydrogens is 481 g/mol. The number of nitrogens with one attached hydrogen (secondary N) is 4. The Morgan fingerprint density at radius 2 is 1.77 bits per heavy atom. The van der Waals surface area contributed by atoms with Crippen molar-refractivity contribution in [3.05, 3.63) is 71.3 Å². The van der Waals surface area contributed by atoms with Gasteiger partial charge in [0.15, 0.2) is 0 Å². The van der Waals surface area contributed by atoms with Gasteiger partial charge in [0, 0.05) is 36.3 Å². The number of fused-ring (bicyclic) bond motifs is 1. The smallest absolute Gasteiger partial charge is 0.298 e. The summed E-state index contributed by atoms with van der Waals surface area (Å²) in [7, 11) is -3.80. The number of H-pyrrole nitrogens is 1. The van der Waals surface area contributed by atoms with Crippen molar-refractivity contribution >= 4 is 27.0 Å². The molecule has 2 heterocycles. The van der Waals surface area contributed by atoms with Crippen molar-refractivity contribution in [1.82, 2.24) is 19.7 Å².